The van der Waals surface area contributed by atoms with Crippen molar-refractivity contribution >= 4 is 5.91 Å². The first-order valence-electron chi connectivity index (χ1n) is 9.66. The first kappa shape index (κ1) is 21.0. The molecular formula is C22H19F4N3O2. The second kappa shape index (κ2) is 8.14. The highest BCUT2D eigenvalue weighted by atomic mass is 19.4. The molecule has 162 valence electrons. The van der Waals surface area contributed by atoms with Crippen molar-refractivity contribution in [1.29, 1.82) is 0 Å². The number of ether oxygens (including phenoxy) is 1. The second-order valence-electron chi connectivity index (χ2n) is 7.35. The van der Waals surface area contributed by atoms with E-state index >= 15 is 0 Å². The lowest BCUT2D eigenvalue weighted by Gasteiger charge is -2.38. The normalized spacial score (nSPS) is 16.1. The molecule has 31 heavy (non-hydrogen) atoms. The summed E-state index contributed by atoms with van der Waals surface area (Å²) in [4.78, 5) is 12.9. The highest BCUT2D eigenvalue weighted by molar-refractivity contribution is 5.95. The van der Waals surface area contributed by atoms with Crippen LogP contribution >= 0.6 is 0 Å². The van der Waals surface area contributed by atoms with Gasteiger partial charge in [0, 0.05) is 25.0 Å². The Kier molecular flexibility index (Phi) is 5.53. The Balaban J connectivity index is 1.54. The maximum Gasteiger partial charge on any atom is 0.435 e. The average Bonchev–Trinajstić information content (AvgIpc) is 3.26. The number of hydrogen-bond acceptors (Lipinski definition) is 3. The number of aromatic nitrogens is 2. The van der Waals surface area contributed by atoms with E-state index in [0.717, 1.165) is 16.3 Å². The van der Waals surface area contributed by atoms with Crippen LogP contribution < -0.4 is 5.32 Å². The van der Waals surface area contributed by atoms with Gasteiger partial charge in [-0.2, -0.15) is 18.3 Å². The Morgan fingerprint density at radius 3 is 2.23 bits per heavy atom. The summed E-state index contributed by atoms with van der Waals surface area (Å²) in [5, 5.41) is 6.58. The van der Waals surface area contributed by atoms with E-state index in [1.54, 1.807) is 12.1 Å². The Morgan fingerprint density at radius 1 is 1.00 bits per heavy atom. The molecule has 1 aliphatic rings. The SMILES string of the molecule is O=C(NC1(c2ccc(F)cc2)CCOCC1)c1ccc(-n2ccc(C(F)(F)F)n2)cc1. The number of benzene rings is 2. The predicted octanol–water partition coefficient (Wildman–Crippen LogP) is 4.47. The van der Waals surface area contributed by atoms with E-state index in [1.807, 2.05) is 0 Å². The lowest BCUT2D eigenvalue weighted by atomic mass is 9.82. The summed E-state index contributed by atoms with van der Waals surface area (Å²) >= 11 is 0. The average molecular weight is 433 g/mol. The number of nitrogens with zero attached hydrogens (tertiary/aromatic N) is 2. The number of alkyl halides is 3. The quantitative estimate of drug-likeness (QED) is 0.618. The van der Waals surface area contributed by atoms with Crippen LogP contribution in [0.5, 0.6) is 0 Å². The molecule has 5 nitrogen and oxygen atoms in total. The lowest BCUT2D eigenvalue weighted by molar-refractivity contribution is -0.141. The monoisotopic (exact) mass is 433 g/mol. The van der Waals surface area contributed by atoms with Gasteiger partial charge in [-0.05, 0) is 60.9 Å². The number of amides is 1. The molecule has 0 saturated carbocycles. The van der Waals surface area contributed by atoms with Crippen LogP contribution in [-0.2, 0) is 16.5 Å². The standard InChI is InChI=1S/C22H19F4N3O2/c23-17-5-3-16(4-6-17)21(10-13-31-14-11-21)27-20(30)15-1-7-18(8-2-15)29-12-9-19(28-29)22(24,25)26/h1-9,12H,10-11,13-14H2,(H,27,30). The summed E-state index contributed by atoms with van der Waals surface area (Å²) in [7, 11) is 0. The zero-order valence-corrected chi connectivity index (χ0v) is 16.3. The molecule has 0 atom stereocenters. The summed E-state index contributed by atoms with van der Waals surface area (Å²) in [5.74, 6) is -0.700. The van der Waals surface area contributed by atoms with Gasteiger partial charge < -0.3 is 10.1 Å². The summed E-state index contributed by atoms with van der Waals surface area (Å²) in [6, 6.07) is 13.0. The molecule has 0 radical (unpaired) electrons. The van der Waals surface area contributed by atoms with E-state index < -0.39 is 17.4 Å². The highest BCUT2D eigenvalue weighted by Crippen LogP contribution is 2.33. The Hall–Kier alpha value is -3.20. The largest absolute Gasteiger partial charge is 0.435 e. The molecule has 1 saturated heterocycles. The molecule has 2 aromatic carbocycles. The summed E-state index contributed by atoms with van der Waals surface area (Å²) in [6.07, 6.45) is -2.24. The predicted molar refractivity (Wildman–Crippen MR) is 104 cm³/mol. The van der Waals surface area contributed by atoms with Crippen molar-refractivity contribution in [3.05, 3.63) is 83.4 Å². The van der Waals surface area contributed by atoms with Crippen molar-refractivity contribution in [2.45, 2.75) is 24.6 Å². The number of hydrogen-bond donors (Lipinski definition) is 1. The van der Waals surface area contributed by atoms with Crippen LogP contribution in [-0.4, -0.2) is 28.9 Å². The van der Waals surface area contributed by atoms with Gasteiger partial charge in [0.15, 0.2) is 5.69 Å². The third kappa shape index (κ3) is 4.46. The molecule has 1 N–H and O–H groups in total. The van der Waals surface area contributed by atoms with Gasteiger partial charge in [-0.1, -0.05) is 12.1 Å². The minimum atomic E-state index is -4.52. The number of halogens is 4. The van der Waals surface area contributed by atoms with Crippen molar-refractivity contribution in [3.8, 4) is 5.69 Å². The van der Waals surface area contributed by atoms with Gasteiger partial charge in [0.1, 0.15) is 5.82 Å². The maximum atomic E-state index is 13.4. The van der Waals surface area contributed by atoms with E-state index in [2.05, 4.69) is 10.4 Å². The summed E-state index contributed by atoms with van der Waals surface area (Å²) < 4.78 is 58.1. The number of nitrogens with one attached hydrogen (secondary N) is 1. The van der Waals surface area contributed by atoms with Crippen LogP contribution in [0.3, 0.4) is 0 Å². The minimum Gasteiger partial charge on any atom is -0.381 e. The summed E-state index contributed by atoms with van der Waals surface area (Å²) in [6.45, 7) is 0.912. The second-order valence-corrected chi connectivity index (χ2v) is 7.35. The van der Waals surface area contributed by atoms with E-state index in [0.29, 0.717) is 37.3 Å². The third-order valence-electron chi connectivity index (χ3n) is 5.37. The zero-order chi connectivity index (χ0) is 22.1. The van der Waals surface area contributed by atoms with E-state index in [9.17, 15) is 22.4 Å². The smallest absolute Gasteiger partial charge is 0.381 e. The molecule has 1 aliphatic heterocycles. The Labute approximate surface area is 175 Å². The summed E-state index contributed by atoms with van der Waals surface area (Å²) in [5.41, 5.74) is -0.148. The molecule has 1 fully saturated rings. The van der Waals surface area contributed by atoms with Crippen LogP contribution in [0.1, 0.15) is 34.5 Å². The molecule has 0 bridgehead atoms. The number of carbonyl (C=O) groups is 1. The maximum absolute atomic E-state index is 13.4. The highest BCUT2D eigenvalue weighted by Gasteiger charge is 2.36. The van der Waals surface area contributed by atoms with Crippen molar-refractivity contribution in [2.75, 3.05) is 13.2 Å². The van der Waals surface area contributed by atoms with Gasteiger partial charge in [0.05, 0.1) is 11.2 Å². The van der Waals surface area contributed by atoms with Crippen LogP contribution in [0.2, 0.25) is 0 Å². The van der Waals surface area contributed by atoms with E-state index in [4.69, 9.17) is 4.74 Å². The van der Waals surface area contributed by atoms with Crippen molar-refractivity contribution in [1.82, 2.24) is 15.1 Å². The molecule has 0 unspecified atom stereocenters. The van der Waals surface area contributed by atoms with Gasteiger partial charge >= 0.3 is 6.18 Å². The van der Waals surface area contributed by atoms with Gasteiger partial charge in [-0.25, -0.2) is 9.07 Å². The van der Waals surface area contributed by atoms with Gasteiger partial charge in [0.2, 0.25) is 0 Å². The fourth-order valence-electron chi connectivity index (χ4n) is 3.65. The van der Waals surface area contributed by atoms with Crippen molar-refractivity contribution < 1.29 is 27.1 Å². The first-order valence-corrected chi connectivity index (χ1v) is 9.66. The molecule has 2 heterocycles. The third-order valence-corrected chi connectivity index (χ3v) is 5.37. The van der Waals surface area contributed by atoms with Crippen LogP contribution in [0.4, 0.5) is 17.6 Å². The fraction of sp³-hybridized carbons (Fsp3) is 0.273. The lowest BCUT2D eigenvalue weighted by Crippen LogP contribution is -2.49. The number of rotatable bonds is 4. The Morgan fingerprint density at radius 2 is 1.65 bits per heavy atom. The van der Waals surface area contributed by atoms with Crippen molar-refractivity contribution in [2.24, 2.45) is 0 Å². The van der Waals surface area contributed by atoms with Crippen LogP contribution in [0.25, 0.3) is 5.69 Å². The molecule has 0 aliphatic carbocycles. The molecular weight excluding hydrogens is 414 g/mol. The van der Waals surface area contributed by atoms with Gasteiger partial charge in [0.25, 0.3) is 5.91 Å². The zero-order valence-electron chi connectivity index (χ0n) is 16.3. The van der Waals surface area contributed by atoms with Crippen LogP contribution in [0, 0.1) is 5.82 Å². The molecule has 1 amide bonds. The first-order chi connectivity index (χ1) is 14.8. The van der Waals surface area contributed by atoms with Crippen molar-refractivity contribution in [3.63, 3.8) is 0 Å². The van der Waals surface area contributed by atoms with E-state index in [1.165, 1.54) is 42.6 Å². The minimum absolute atomic E-state index is 0.339. The van der Waals surface area contributed by atoms with E-state index in [-0.39, 0.29) is 11.7 Å². The molecule has 3 aromatic rings. The Bertz CT molecular complexity index is 1050. The van der Waals surface area contributed by atoms with Gasteiger partial charge in [-0.15, -0.1) is 0 Å². The number of carbonyl (C=O) groups excluding carboxylic acids is 1. The molecule has 1 aromatic heterocycles. The fourth-order valence-corrected chi connectivity index (χ4v) is 3.65. The molecule has 0 spiro atoms. The van der Waals surface area contributed by atoms with Crippen LogP contribution in [0.15, 0.2) is 60.8 Å². The van der Waals surface area contributed by atoms with Gasteiger partial charge in [-0.3, -0.25) is 4.79 Å². The topological polar surface area (TPSA) is 56.1 Å². The molecule has 4 rings (SSSR count). The molecule has 9 heteroatoms.